The molecule has 2 aromatic carbocycles. The minimum Gasteiger partial charge on any atom is -0.493 e. The number of fused-ring (bicyclic) bond motifs is 1. The molecule has 3 aromatic rings. The summed E-state index contributed by atoms with van der Waals surface area (Å²) in [6.45, 7) is 0. The van der Waals surface area contributed by atoms with E-state index in [2.05, 4.69) is 0 Å². The van der Waals surface area contributed by atoms with Crippen LogP contribution in [0, 0.1) is 5.82 Å². The third-order valence-electron chi connectivity index (χ3n) is 5.04. The van der Waals surface area contributed by atoms with Crippen molar-refractivity contribution >= 4 is 28.7 Å². The Morgan fingerprint density at radius 3 is 2.52 bits per heavy atom. The van der Waals surface area contributed by atoms with Gasteiger partial charge in [-0.15, -0.1) is 0 Å². The van der Waals surface area contributed by atoms with Crippen molar-refractivity contribution in [3.8, 4) is 11.5 Å². The van der Waals surface area contributed by atoms with Gasteiger partial charge in [0.1, 0.15) is 11.6 Å². The van der Waals surface area contributed by atoms with Crippen molar-refractivity contribution in [3.63, 3.8) is 0 Å². The van der Waals surface area contributed by atoms with E-state index in [1.807, 2.05) is 12.1 Å². The number of hydrogen-bond acceptors (Lipinski definition) is 5. The van der Waals surface area contributed by atoms with E-state index in [4.69, 9.17) is 9.47 Å². The molecule has 0 bridgehead atoms. The quantitative estimate of drug-likeness (QED) is 0.652. The fourth-order valence-electron chi connectivity index (χ4n) is 3.64. The molecule has 8 heteroatoms. The Kier molecular flexibility index (Phi) is 4.87. The second-order valence-electron chi connectivity index (χ2n) is 6.69. The topological polar surface area (TPSA) is 60.8 Å². The number of ether oxygens (including phenoxy) is 2. The molecule has 0 aliphatic carbocycles. The van der Waals surface area contributed by atoms with E-state index in [-0.39, 0.29) is 23.1 Å². The standard InChI is InChI=1S/C21H19FN2O4S/c1-23-20-19(29-21(23)26)15(12-7-8-16(27-2)17(9-12)28-3)11-18(25)24(20)14-6-4-5-13(22)10-14/h4-10,15H,11H2,1-3H3/t15-/m0/s1. The zero-order valence-electron chi connectivity index (χ0n) is 16.1. The molecule has 1 aliphatic heterocycles. The Hall–Kier alpha value is -3.13. The third kappa shape index (κ3) is 3.19. The van der Waals surface area contributed by atoms with Crippen LogP contribution in [0.1, 0.15) is 22.8 Å². The number of benzene rings is 2. The van der Waals surface area contributed by atoms with Gasteiger partial charge in [0, 0.05) is 19.4 Å². The molecule has 6 nitrogen and oxygen atoms in total. The van der Waals surface area contributed by atoms with E-state index < -0.39 is 5.82 Å². The number of anilines is 2. The van der Waals surface area contributed by atoms with Crippen LogP contribution < -0.4 is 19.2 Å². The molecule has 0 saturated heterocycles. The highest BCUT2D eigenvalue weighted by Gasteiger charge is 2.37. The summed E-state index contributed by atoms with van der Waals surface area (Å²) < 4.78 is 25.9. The van der Waals surface area contributed by atoms with E-state index in [0.29, 0.717) is 23.0 Å². The second kappa shape index (κ2) is 7.36. The predicted octanol–water partition coefficient (Wildman–Crippen LogP) is 3.80. The minimum absolute atomic E-state index is 0.152. The van der Waals surface area contributed by atoms with Gasteiger partial charge in [-0.2, -0.15) is 0 Å². The van der Waals surface area contributed by atoms with Crippen molar-refractivity contribution in [2.75, 3.05) is 19.1 Å². The molecule has 4 rings (SSSR count). The first kappa shape index (κ1) is 19.2. The Morgan fingerprint density at radius 1 is 1.07 bits per heavy atom. The number of aromatic nitrogens is 1. The number of halogens is 1. The van der Waals surface area contributed by atoms with Crippen molar-refractivity contribution in [2.45, 2.75) is 12.3 Å². The monoisotopic (exact) mass is 414 g/mol. The van der Waals surface area contributed by atoms with Crippen molar-refractivity contribution in [1.29, 1.82) is 0 Å². The average Bonchev–Trinajstić information content (AvgIpc) is 3.01. The maximum atomic E-state index is 13.8. The van der Waals surface area contributed by atoms with Crippen LogP contribution in [0.15, 0.2) is 47.3 Å². The molecule has 0 unspecified atom stereocenters. The molecule has 0 radical (unpaired) electrons. The van der Waals surface area contributed by atoms with Gasteiger partial charge >= 0.3 is 4.87 Å². The molecular formula is C21H19FN2O4S. The molecule has 0 saturated carbocycles. The number of nitrogens with zero attached hydrogens (tertiary/aromatic N) is 2. The Bertz CT molecular complexity index is 1150. The van der Waals surface area contributed by atoms with Crippen LogP contribution >= 0.6 is 11.3 Å². The van der Waals surface area contributed by atoms with E-state index in [1.165, 1.54) is 21.6 Å². The van der Waals surface area contributed by atoms with Gasteiger partial charge in [0.05, 0.1) is 24.8 Å². The van der Waals surface area contributed by atoms with Gasteiger partial charge in [0.2, 0.25) is 5.91 Å². The Labute approximate surface area is 170 Å². The van der Waals surface area contributed by atoms with E-state index in [9.17, 15) is 14.0 Å². The third-order valence-corrected chi connectivity index (χ3v) is 6.18. The van der Waals surface area contributed by atoms with Gasteiger partial charge in [0.15, 0.2) is 11.5 Å². The van der Waals surface area contributed by atoms with Crippen LogP contribution in [0.5, 0.6) is 11.5 Å². The Morgan fingerprint density at radius 2 is 1.83 bits per heavy atom. The van der Waals surface area contributed by atoms with Crippen LogP contribution in [0.25, 0.3) is 0 Å². The van der Waals surface area contributed by atoms with Gasteiger partial charge in [-0.3, -0.25) is 19.1 Å². The van der Waals surface area contributed by atoms with Crippen molar-refractivity contribution in [2.24, 2.45) is 7.05 Å². The van der Waals surface area contributed by atoms with Gasteiger partial charge in [0.25, 0.3) is 0 Å². The van der Waals surface area contributed by atoms with E-state index in [0.717, 1.165) is 21.8 Å². The fraction of sp³-hybridized carbons (Fsp3) is 0.238. The maximum Gasteiger partial charge on any atom is 0.308 e. The summed E-state index contributed by atoms with van der Waals surface area (Å²) >= 11 is 1.10. The summed E-state index contributed by atoms with van der Waals surface area (Å²) in [5, 5.41) is 0. The lowest BCUT2D eigenvalue weighted by Crippen LogP contribution is -2.34. The normalized spacial score (nSPS) is 15.9. The fourth-order valence-corrected chi connectivity index (χ4v) is 4.74. The number of thiazole rings is 1. The molecule has 2 heterocycles. The summed E-state index contributed by atoms with van der Waals surface area (Å²) in [4.78, 5) is 27.6. The number of carbonyl (C=O) groups is 1. The summed E-state index contributed by atoms with van der Waals surface area (Å²) in [6, 6.07) is 11.3. The average molecular weight is 414 g/mol. The molecule has 150 valence electrons. The lowest BCUT2D eigenvalue weighted by Gasteiger charge is -2.32. The molecule has 0 N–H and O–H groups in total. The highest BCUT2D eigenvalue weighted by Crippen LogP contribution is 2.45. The summed E-state index contributed by atoms with van der Waals surface area (Å²) in [7, 11) is 4.72. The Balaban J connectivity index is 1.87. The first-order valence-corrected chi connectivity index (χ1v) is 9.76. The predicted molar refractivity (Wildman–Crippen MR) is 109 cm³/mol. The molecule has 29 heavy (non-hydrogen) atoms. The zero-order chi connectivity index (χ0) is 20.7. The maximum absolute atomic E-state index is 13.8. The molecule has 1 aliphatic rings. The number of rotatable bonds is 4. The molecular weight excluding hydrogens is 395 g/mol. The van der Waals surface area contributed by atoms with Crippen LogP contribution in [0.4, 0.5) is 15.9 Å². The molecule has 0 spiro atoms. The van der Waals surface area contributed by atoms with Crippen molar-refractivity contribution in [3.05, 3.63) is 68.4 Å². The van der Waals surface area contributed by atoms with Crippen LogP contribution in [0.2, 0.25) is 0 Å². The van der Waals surface area contributed by atoms with Crippen molar-refractivity contribution < 1.29 is 18.7 Å². The SMILES string of the molecule is COc1ccc([C@@H]2CC(=O)N(c3cccc(F)c3)c3c2sc(=O)n3C)cc1OC. The molecule has 1 aromatic heterocycles. The smallest absolute Gasteiger partial charge is 0.308 e. The number of hydrogen-bond donors (Lipinski definition) is 0. The first-order chi connectivity index (χ1) is 13.9. The number of amides is 1. The largest absolute Gasteiger partial charge is 0.493 e. The molecule has 1 amide bonds. The highest BCUT2D eigenvalue weighted by atomic mass is 32.1. The lowest BCUT2D eigenvalue weighted by molar-refractivity contribution is -0.118. The summed E-state index contributed by atoms with van der Waals surface area (Å²) in [6.07, 6.45) is 0.152. The van der Waals surface area contributed by atoms with Crippen molar-refractivity contribution in [1.82, 2.24) is 4.57 Å². The van der Waals surface area contributed by atoms with Crippen LogP contribution in [-0.2, 0) is 11.8 Å². The van der Waals surface area contributed by atoms with Gasteiger partial charge in [-0.25, -0.2) is 4.39 Å². The van der Waals surface area contributed by atoms with E-state index in [1.54, 1.807) is 39.5 Å². The van der Waals surface area contributed by atoms with Crippen LogP contribution in [0.3, 0.4) is 0 Å². The summed E-state index contributed by atoms with van der Waals surface area (Å²) in [5.74, 6) is 0.647. The molecule has 0 fully saturated rings. The highest BCUT2D eigenvalue weighted by molar-refractivity contribution is 7.10. The van der Waals surface area contributed by atoms with Gasteiger partial charge in [-0.1, -0.05) is 23.5 Å². The number of carbonyl (C=O) groups excluding carboxylic acids is 1. The zero-order valence-corrected chi connectivity index (χ0v) is 17.0. The minimum atomic E-state index is -0.445. The summed E-state index contributed by atoms with van der Waals surface area (Å²) in [5.41, 5.74) is 1.24. The van der Waals surface area contributed by atoms with Crippen LogP contribution in [-0.4, -0.2) is 24.7 Å². The second-order valence-corrected chi connectivity index (χ2v) is 7.69. The number of methoxy groups -OCH3 is 2. The molecule has 1 atom stereocenters. The van der Waals surface area contributed by atoms with Gasteiger partial charge < -0.3 is 9.47 Å². The lowest BCUT2D eigenvalue weighted by atomic mass is 9.90. The van der Waals surface area contributed by atoms with E-state index >= 15 is 0 Å². The van der Waals surface area contributed by atoms with Gasteiger partial charge in [-0.05, 0) is 35.9 Å². The first-order valence-electron chi connectivity index (χ1n) is 8.94.